The lowest BCUT2D eigenvalue weighted by Gasteiger charge is -2.35. The van der Waals surface area contributed by atoms with Crippen LogP contribution >= 0.6 is 0 Å². The van der Waals surface area contributed by atoms with Gasteiger partial charge in [0.05, 0.1) is 0 Å². The number of carbonyl (C=O) groups excluding carboxylic acids is 1. The van der Waals surface area contributed by atoms with Gasteiger partial charge in [-0.25, -0.2) is 0 Å². The average molecular weight is 487 g/mol. The maximum absolute atomic E-state index is 12.8. The summed E-state index contributed by atoms with van der Waals surface area (Å²) in [5.74, 6) is 2.41. The van der Waals surface area contributed by atoms with Gasteiger partial charge in [-0.2, -0.15) is 0 Å². The van der Waals surface area contributed by atoms with Gasteiger partial charge in [-0.05, 0) is 93.3 Å². The average Bonchev–Trinajstić information content (AvgIpc) is 3.57. The molecule has 0 N–H and O–H groups in total. The second-order valence-corrected chi connectivity index (χ2v) is 11.9. The third-order valence-electron chi connectivity index (χ3n) is 9.49. The molecule has 1 aliphatic heterocycles. The Morgan fingerprint density at radius 2 is 1.53 bits per heavy atom. The molecule has 0 spiro atoms. The molecule has 36 heavy (non-hydrogen) atoms. The quantitative estimate of drug-likeness (QED) is 0.378. The van der Waals surface area contributed by atoms with Gasteiger partial charge in [0.2, 0.25) is 5.91 Å². The fraction of sp³-hybridized carbons (Fsp3) is 0.606. The molecule has 1 amide bonds. The summed E-state index contributed by atoms with van der Waals surface area (Å²) in [4.78, 5) is 17.9. The fourth-order valence-corrected chi connectivity index (χ4v) is 7.66. The molecule has 3 atom stereocenters. The summed E-state index contributed by atoms with van der Waals surface area (Å²) >= 11 is 0. The van der Waals surface area contributed by atoms with Gasteiger partial charge < -0.3 is 9.80 Å². The molecule has 0 aromatic heterocycles. The van der Waals surface area contributed by atoms with Crippen LogP contribution in [0.4, 0.5) is 0 Å². The first-order chi connectivity index (χ1) is 17.7. The molecule has 2 aliphatic carbocycles. The number of carbonyl (C=O) groups is 1. The number of likely N-dealkylation sites (tertiary alicyclic amines) is 1. The Labute approximate surface area is 219 Å². The Hall–Kier alpha value is -2.13. The van der Waals surface area contributed by atoms with Crippen molar-refractivity contribution in [3.63, 3.8) is 0 Å². The second-order valence-electron chi connectivity index (χ2n) is 11.9. The Balaban J connectivity index is 1.17. The lowest BCUT2D eigenvalue weighted by molar-refractivity contribution is -0.133. The van der Waals surface area contributed by atoms with Gasteiger partial charge in [-0.3, -0.25) is 4.79 Å². The van der Waals surface area contributed by atoms with Crippen molar-refractivity contribution < 1.29 is 4.79 Å². The highest BCUT2D eigenvalue weighted by molar-refractivity contribution is 5.74. The smallest absolute Gasteiger partial charge is 0.219 e. The first-order valence-corrected chi connectivity index (χ1v) is 14.8. The van der Waals surface area contributed by atoms with Gasteiger partial charge in [0, 0.05) is 25.6 Å². The van der Waals surface area contributed by atoms with E-state index in [1.54, 1.807) is 0 Å². The maximum Gasteiger partial charge on any atom is 0.219 e. The standard InChI is InChI=1S/C33H46N2O/c1-26(36)35(31-17-8-9-18-31)32-23-30(33(24-32)29-15-6-3-7-16-29)25-34-21-19-28(20-22-34)14-10-13-27-11-4-2-5-12-27/h2-7,11-12,15-16,28,30-33H,8-10,13-14,17-25H2,1H3. The molecule has 3 heteroatoms. The Kier molecular flexibility index (Phi) is 8.80. The van der Waals surface area contributed by atoms with Crippen molar-refractivity contribution in [3.05, 3.63) is 71.8 Å². The summed E-state index contributed by atoms with van der Waals surface area (Å²) in [6, 6.07) is 23.0. The molecule has 3 fully saturated rings. The zero-order valence-electron chi connectivity index (χ0n) is 22.4. The van der Waals surface area contributed by atoms with Crippen LogP contribution in [0.5, 0.6) is 0 Å². The number of hydrogen-bond donors (Lipinski definition) is 0. The van der Waals surface area contributed by atoms with Gasteiger partial charge >= 0.3 is 0 Å². The Morgan fingerprint density at radius 3 is 2.19 bits per heavy atom. The van der Waals surface area contributed by atoms with E-state index in [1.807, 2.05) is 6.92 Å². The van der Waals surface area contributed by atoms with Crippen molar-refractivity contribution >= 4 is 5.91 Å². The van der Waals surface area contributed by atoms with Crippen LogP contribution in [-0.2, 0) is 11.2 Å². The van der Waals surface area contributed by atoms with Crippen molar-refractivity contribution in [2.45, 2.75) is 95.6 Å². The van der Waals surface area contributed by atoms with Crippen molar-refractivity contribution in [1.29, 1.82) is 0 Å². The minimum atomic E-state index is 0.302. The van der Waals surface area contributed by atoms with Crippen molar-refractivity contribution in [2.24, 2.45) is 11.8 Å². The number of amides is 1. The Bertz CT molecular complexity index is 931. The van der Waals surface area contributed by atoms with E-state index < -0.39 is 0 Å². The van der Waals surface area contributed by atoms with Crippen LogP contribution in [0.2, 0.25) is 0 Å². The van der Waals surface area contributed by atoms with Crippen LogP contribution in [0.25, 0.3) is 0 Å². The van der Waals surface area contributed by atoms with Gasteiger partial charge in [-0.15, -0.1) is 0 Å². The summed E-state index contributed by atoms with van der Waals surface area (Å²) < 4.78 is 0. The van der Waals surface area contributed by atoms with Crippen LogP contribution in [0.3, 0.4) is 0 Å². The largest absolute Gasteiger partial charge is 0.337 e. The maximum atomic E-state index is 12.8. The highest BCUT2D eigenvalue weighted by Crippen LogP contribution is 2.44. The molecular weight excluding hydrogens is 440 g/mol. The van der Waals surface area contributed by atoms with Crippen LogP contribution in [0, 0.1) is 11.8 Å². The highest BCUT2D eigenvalue weighted by atomic mass is 16.2. The molecule has 1 saturated heterocycles. The van der Waals surface area contributed by atoms with E-state index in [1.165, 1.54) is 95.0 Å². The van der Waals surface area contributed by atoms with Gasteiger partial charge in [0.25, 0.3) is 0 Å². The lowest BCUT2D eigenvalue weighted by Crippen LogP contribution is -2.44. The van der Waals surface area contributed by atoms with Crippen LogP contribution in [0.15, 0.2) is 60.7 Å². The monoisotopic (exact) mass is 486 g/mol. The number of rotatable bonds is 9. The summed E-state index contributed by atoms with van der Waals surface area (Å²) in [6.07, 6.45) is 13.9. The van der Waals surface area contributed by atoms with Gasteiger partial charge in [0.15, 0.2) is 0 Å². The number of benzene rings is 2. The molecule has 5 rings (SSSR count). The summed E-state index contributed by atoms with van der Waals surface area (Å²) in [6.45, 7) is 5.50. The minimum absolute atomic E-state index is 0.302. The molecule has 3 aliphatic rings. The lowest BCUT2D eigenvalue weighted by atomic mass is 9.87. The third-order valence-corrected chi connectivity index (χ3v) is 9.49. The highest BCUT2D eigenvalue weighted by Gasteiger charge is 2.42. The predicted molar refractivity (Wildman–Crippen MR) is 149 cm³/mol. The normalized spacial score (nSPS) is 25.9. The molecule has 3 nitrogen and oxygen atoms in total. The van der Waals surface area contributed by atoms with Crippen molar-refractivity contribution in [3.8, 4) is 0 Å². The van der Waals surface area contributed by atoms with Crippen molar-refractivity contribution in [2.75, 3.05) is 19.6 Å². The third kappa shape index (κ3) is 6.40. The fourth-order valence-electron chi connectivity index (χ4n) is 7.66. The summed E-state index contributed by atoms with van der Waals surface area (Å²) in [5.41, 5.74) is 2.96. The molecule has 1 heterocycles. The van der Waals surface area contributed by atoms with Gasteiger partial charge in [-0.1, -0.05) is 79.9 Å². The van der Waals surface area contributed by atoms with Gasteiger partial charge in [0.1, 0.15) is 0 Å². The van der Waals surface area contributed by atoms with E-state index in [0.29, 0.717) is 29.8 Å². The second kappa shape index (κ2) is 12.4. The van der Waals surface area contributed by atoms with E-state index >= 15 is 0 Å². The minimum Gasteiger partial charge on any atom is -0.337 e. The molecular formula is C33H46N2O. The zero-order chi connectivity index (χ0) is 24.7. The molecule has 2 saturated carbocycles. The van der Waals surface area contributed by atoms with E-state index in [4.69, 9.17) is 0 Å². The number of nitrogens with zero attached hydrogens (tertiary/aromatic N) is 2. The molecule has 2 aromatic rings. The number of piperidine rings is 1. The molecule has 0 radical (unpaired) electrons. The van der Waals surface area contributed by atoms with E-state index in [9.17, 15) is 4.79 Å². The Morgan fingerprint density at radius 1 is 0.861 bits per heavy atom. The SMILES string of the molecule is CC(=O)N(C1CCCC1)C1CC(CN2CCC(CCCc3ccccc3)CC2)C(c2ccccc2)C1. The molecule has 3 unspecified atom stereocenters. The van der Waals surface area contributed by atoms with E-state index in [2.05, 4.69) is 70.5 Å². The number of hydrogen-bond acceptors (Lipinski definition) is 2. The van der Waals surface area contributed by atoms with E-state index in [-0.39, 0.29) is 0 Å². The molecule has 2 aromatic carbocycles. The summed E-state index contributed by atoms with van der Waals surface area (Å²) in [5, 5.41) is 0. The zero-order valence-corrected chi connectivity index (χ0v) is 22.4. The van der Waals surface area contributed by atoms with Crippen LogP contribution in [0.1, 0.15) is 88.2 Å². The molecule has 194 valence electrons. The summed E-state index contributed by atoms with van der Waals surface area (Å²) in [7, 11) is 0. The van der Waals surface area contributed by atoms with Crippen LogP contribution < -0.4 is 0 Å². The predicted octanol–water partition coefficient (Wildman–Crippen LogP) is 7.07. The van der Waals surface area contributed by atoms with E-state index in [0.717, 1.165) is 12.3 Å². The molecule has 0 bridgehead atoms. The topological polar surface area (TPSA) is 23.6 Å². The van der Waals surface area contributed by atoms with Crippen molar-refractivity contribution in [1.82, 2.24) is 9.80 Å². The van der Waals surface area contributed by atoms with Crippen LogP contribution in [-0.4, -0.2) is 47.4 Å². The number of aryl methyl sites for hydroxylation is 1. The first kappa shape index (κ1) is 25.5. The first-order valence-electron chi connectivity index (χ1n) is 14.8.